The molecule has 24 heavy (non-hydrogen) atoms. The molecule has 0 bridgehead atoms. The van der Waals surface area contributed by atoms with Crippen molar-refractivity contribution in [2.75, 3.05) is 19.6 Å². The number of carbonyl (C=O) groups is 1. The minimum atomic E-state index is -0.451. The topological polar surface area (TPSA) is 59.0 Å². The van der Waals surface area contributed by atoms with Crippen LogP contribution in [0.25, 0.3) is 5.69 Å². The van der Waals surface area contributed by atoms with Crippen LogP contribution in [-0.2, 0) is 0 Å². The number of hydrogen-bond donors (Lipinski definition) is 2. The van der Waals surface area contributed by atoms with E-state index >= 15 is 0 Å². The van der Waals surface area contributed by atoms with Gasteiger partial charge in [0.15, 0.2) is 0 Å². The van der Waals surface area contributed by atoms with Gasteiger partial charge in [0.25, 0.3) is 5.91 Å². The van der Waals surface area contributed by atoms with Gasteiger partial charge in [0, 0.05) is 17.8 Å². The zero-order chi connectivity index (χ0) is 17.1. The lowest BCUT2D eigenvalue weighted by Gasteiger charge is -2.22. The van der Waals surface area contributed by atoms with E-state index in [4.69, 9.17) is 0 Å². The average molecular weight is 330 g/mol. The number of piperidine rings is 1. The Labute approximate surface area is 141 Å². The summed E-state index contributed by atoms with van der Waals surface area (Å²) in [7, 11) is 0. The molecule has 1 fully saturated rings. The SMILES string of the molecule is Cc1cc(C)n(-c2ccc(C(=O)NCC3CCCNC3)cc2F)n1. The summed E-state index contributed by atoms with van der Waals surface area (Å²) < 4.78 is 16.0. The normalized spacial score (nSPS) is 17.7. The molecule has 1 amide bonds. The fourth-order valence-corrected chi connectivity index (χ4v) is 3.13. The van der Waals surface area contributed by atoms with Gasteiger partial charge in [-0.05, 0) is 70.0 Å². The van der Waals surface area contributed by atoms with E-state index in [0.29, 0.717) is 23.7 Å². The van der Waals surface area contributed by atoms with Crippen molar-refractivity contribution in [1.29, 1.82) is 0 Å². The Kier molecular flexibility index (Phi) is 4.94. The number of benzene rings is 1. The number of carbonyl (C=O) groups excluding carboxylic acids is 1. The third-order valence-corrected chi connectivity index (χ3v) is 4.40. The highest BCUT2D eigenvalue weighted by Gasteiger charge is 2.16. The van der Waals surface area contributed by atoms with Crippen molar-refractivity contribution in [3.63, 3.8) is 0 Å². The molecule has 1 aromatic carbocycles. The van der Waals surface area contributed by atoms with Crippen molar-refractivity contribution in [3.8, 4) is 5.69 Å². The van der Waals surface area contributed by atoms with Crippen LogP contribution in [0.5, 0.6) is 0 Å². The zero-order valence-corrected chi connectivity index (χ0v) is 14.1. The monoisotopic (exact) mass is 330 g/mol. The van der Waals surface area contributed by atoms with Gasteiger partial charge < -0.3 is 10.6 Å². The highest BCUT2D eigenvalue weighted by atomic mass is 19.1. The van der Waals surface area contributed by atoms with E-state index < -0.39 is 5.82 Å². The van der Waals surface area contributed by atoms with Crippen molar-refractivity contribution < 1.29 is 9.18 Å². The molecular weight excluding hydrogens is 307 g/mol. The van der Waals surface area contributed by atoms with Crippen molar-refractivity contribution in [1.82, 2.24) is 20.4 Å². The minimum absolute atomic E-state index is 0.237. The van der Waals surface area contributed by atoms with Gasteiger partial charge in [-0.25, -0.2) is 9.07 Å². The molecule has 0 spiro atoms. The summed E-state index contributed by atoms with van der Waals surface area (Å²) in [5, 5.41) is 10.5. The standard InChI is InChI=1S/C18H23FN4O/c1-12-8-13(2)23(22-12)17-6-5-15(9-16(17)19)18(24)21-11-14-4-3-7-20-10-14/h5-6,8-9,14,20H,3-4,7,10-11H2,1-2H3,(H,21,24). The number of amides is 1. The fourth-order valence-electron chi connectivity index (χ4n) is 3.13. The van der Waals surface area contributed by atoms with Crippen LogP contribution in [0.4, 0.5) is 4.39 Å². The maximum absolute atomic E-state index is 14.4. The highest BCUT2D eigenvalue weighted by molar-refractivity contribution is 5.94. The first-order chi connectivity index (χ1) is 11.5. The van der Waals surface area contributed by atoms with E-state index in [1.165, 1.54) is 6.07 Å². The van der Waals surface area contributed by atoms with E-state index in [9.17, 15) is 9.18 Å². The molecule has 3 rings (SSSR count). The first-order valence-electron chi connectivity index (χ1n) is 8.36. The molecule has 5 nitrogen and oxygen atoms in total. The molecule has 0 aliphatic carbocycles. The number of rotatable bonds is 4. The second-order valence-electron chi connectivity index (χ2n) is 6.43. The third kappa shape index (κ3) is 3.64. The lowest BCUT2D eigenvalue weighted by atomic mass is 9.99. The largest absolute Gasteiger partial charge is 0.352 e. The Morgan fingerprint density at radius 2 is 2.25 bits per heavy atom. The van der Waals surface area contributed by atoms with Gasteiger partial charge in [-0.15, -0.1) is 0 Å². The predicted octanol–water partition coefficient (Wildman–Crippen LogP) is 2.36. The quantitative estimate of drug-likeness (QED) is 0.905. The maximum atomic E-state index is 14.4. The minimum Gasteiger partial charge on any atom is -0.352 e. The first kappa shape index (κ1) is 16.6. The average Bonchev–Trinajstić information content (AvgIpc) is 2.91. The molecule has 6 heteroatoms. The second kappa shape index (κ2) is 7.13. The number of aromatic nitrogens is 2. The summed E-state index contributed by atoms with van der Waals surface area (Å²) in [5.74, 6) is -0.242. The van der Waals surface area contributed by atoms with Crippen LogP contribution in [0, 0.1) is 25.6 Å². The number of nitrogens with one attached hydrogen (secondary N) is 2. The third-order valence-electron chi connectivity index (χ3n) is 4.40. The molecule has 0 radical (unpaired) electrons. The number of halogens is 1. The van der Waals surface area contributed by atoms with Crippen molar-refractivity contribution >= 4 is 5.91 Å². The Hall–Kier alpha value is -2.21. The molecule has 1 aromatic heterocycles. The second-order valence-corrected chi connectivity index (χ2v) is 6.43. The van der Waals surface area contributed by atoms with Gasteiger partial charge >= 0.3 is 0 Å². The van der Waals surface area contributed by atoms with Gasteiger partial charge in [0.1, 0.15) is 11.5 Å². The number of aryl methyl sites for hydroxylation is 2. The van der Waals surface area contributed by atoms with E-state index in [1.54, 1.807) is 16.8 Å². The molecule has 1 aliphatic heterocycles. The molecule has 0 saturated carbocycles. The van der Waals surface area contributed by atoms with Crippen LogP contribution in [0.3, 0.4) is 0 Å². The Bertz CT molecular complexity index is 735. The van der Waals surface area contributed by atoms with Gasteiger partial charge in [-0.3, -0.25) is 4.79 Å². The zero-order valence-electron chi connectivity index (χ0n) is 14.1. The smallest absolute Gasteiger partial charge is 0.251 e. The van der Waals surface area contributed by atoms with Crippen molar-refractivity contribution in [2.45, 2.75) is 26.7 Å². The van der Waals surface area contributed by atoms with Crippen LogP contribution in [0.15, 0.2) is 24.3 Å². The van der Waals surface area contributed by atoms with Gasteiger partial charge in [-0.1, -0.05) is 0 Å². The maximum Gasteiger partial charge on any atom is 0.251 e. The van der Waals surface area contributed by atoms with Crippen LogP contribution >= 0.6 is 0 Å². The van der Waals surface area contributed by atoms with Gasteiger partial charge in [-0.2, -0.15) is 5.10 Å². The van der Waals surface area contributed by atoms with Crippen LogP contribution in [-0.4, -0.2) is 35.3 Å². The molecule has 128 valence electrons. The fraction of sp³-hybridized carbons (Fsp3) is 0.444. The van der Waals surface area contributed by atoms with Crippen molar-refractivity contribution in [3.05, 3.63) is 47.0 Å². The van der Waals surface area contributed by atoms with E-state index in [-0.39, 0.29) is 5.91 Å². The summed E-state index contributed by atoms with van der Waals surface area (Å²) in [4.78, 5) is 12.2. The first-order valence-corrected chi connectivity index (χ1v) is 8.36. The van der Waals surface area contributed by atoms with Crippen LogP contribution in [0.1, 0.15) is 34.6 Å². The predicted molar refractivity (Wildman–Crippen MR) is 90.9 cm³/mol. The summed E-state index contributed by atoms with van der Waals surface area (Å²) >= 11 is 0. The van der Waals surface area contributed by atoms with E-state index in [0.717, 1.165) is 37.3 Å². The lowest BCUT2D eigenvalue weighted by molar-refractivity contribution is 0.0944. The van der Waals surface area contributed by atoms with E-state index in [1.807, 2.05) is 19.9 Å². The Morgan fingerprint density at radius 1 is 1.42 bits per heavy atom. The Morgan fingerprint density at radius 3 is 2.88 bits per heavy atom. The summed E-state index contributed by atoms with van der Waals surface area (Å²) in [6, 6.07) is 6.41. The molecule has 1 aliphatic rings. The molecule has 2 heterocycles. The summed E-state index contributed by atoms with van der Waals surface area (Å²) in [6.07, 6.45) is 2.24. The van der Waals surface area contributed by atoms with Crippen molar-refractivity contribution in [2.24, 2.45) is 5.92 Å². The summed E-state index contributed by atoms with van der Waals surface area (Å²) in [5.41, 5.74) is 2.37. The van der Waals surface area contributed by atoms with Crippen LogP contribution in [0.2, 0.25) is 0 Å². The number of nitrogens with zero attached hydrogens (tertiary/aromatic N) is 2. The lowest BCUT2D eigenvalue weighted by Crippen LogP contribution is -2.38. The van der Waals surface area contributed by atoms with Gasteiger partial charge in [0.05, 0.1) is 5.69 Å². The molecule has 1 atom stereocenters. The van der Waals surface area contributed by atoms with Crippen LogP contribution < -0.4 is 10.6 Å². The molecular formula is C18H23FN4O. The molecule has 1 unspecified atom stereocenters. The Balaban J connectivity index is 1.69. The molecule has 1 saturated heterocycles. The molecule has 2 N–H and O–H groups in total. The summed E-state index contributed by atoms with van der Waals surface area (Å²) in [6.45, 7) is 6.32. The molecule has 2 aromatic rings. The highest BCUT2D eigenvalue weighted by Crippen LogP contribution is 2.18. The number of hydrogen-bond acceptors (Lipinski definition) is 3. The van der Waals surface area contributed by atoms with Gasteiger partial charge in [0.2, 0.25) is 0 Å². The van der Waals surface area contributed by atoms with E-state index in [2.05, 4.69) is 15.7 Å².